The molecule has 3 N–H and O–H groups in total. The lowest BCUT2D eigenvalue weighted by molar-refractivity contribution is -0.143. The van der Waals surface area contributed by atoms with Gasteiger partial charge in [-0.3, -0.25) is 0 Å². The number of carboxylic acids is 1. The van der Waals surface area contributed by atoms with E-state index in [1.807, 2.05) is 0 Å². The van der Waals surface area contributed by atoms with Gasteiger partial charge in [-0.1, -0.05) is 0 Å². The maximum atomic E-state index is 13.2. The predicted octanol–water partition coefficient (Wildman–Crippen LogP) is 1.64. The van der Waals surface area contributed by atoms with Gasteiger partial charge in [0.1, 0.15) is 5.54 Å². The van der Waals surface area contributed by atoms with Crippen molar-refractivity contribution in [1.29, 1.82) is 0 Å². The molecule has 0 aliphatic heterocycles. The summed E-state index contributed by atoms with van der Waals surface area (Å²) in [4.78, 5) is 10.6. The van der Waals surface area contributed by atoms with Crippen molar-refractivity contribution in [1.82, 2.24) is 0 Å². The third-order valence-electron chi connectivity index (χ3n) is 2.17. The minimum atomic E-state index is -2.73. The fraction of sp³-hybridized carbons (Fsp3) is 0.222. The fourth-order valence-corrected chi connectivity index (χ4v) is 1.17. The summed E-state index contributed by atoms with van der Waals surface area (Å²) in [5.74, 6) is -13.3. The molecule has 0 amide bonds. The van der Waals surface area contributed by atoms with Gasteiger partial charge in [0.15, 0.2) is 23.3 Å². The summed E-state index contributed by atoms with van der Waals surface area (Å²) < 4.78 is 64.6. The van der Waals surface area contributed by atoms with Crippen molar-refractivity contribution in [3.63, 3.8) is 0 Å². The molecule has 1 unspecified atom stereocenters. The lowest BCUT2D eigenvalue weighted by Gasteiger charge is -2.21. The molecule has 0 bridgehead atoms. The number of carboxylic acid groups (broad SMARTS) is 1. The second kappa shape index (κ2) is 3.95. The quantitative estimate of drug-likeness (QED) is 0.479. The lowest BCUT2D eigenvalue weighted by Crippen LogP contribution is -2.44. The summed E-state index contributed by atoms with van der Waals surface area (Å²) in [6, 6.07) is 0. The van der Waals surface area contributed by atoms with E-state index in [9.17, 15) is 26.7 Å². The Morgan fingerprint density at radius 3 is 1.59 bits per heavy atom. The number of hydrogen-bond donors (Lipinski definition) is 2. The van der Waals surface area contributed by atoms with Crippen LogP contribution in [0.2, 0.25) is 0 Å². The van der Waals surface area contributed by atoms with E-state index in [0.717, 1.165) is 0 Å². The third-order valence-corrected chi connectivity index (χ3v) is 2.17. The number of benzene rings is 1. The van der Waals surface area contributed by atoms with Gasteiger partial charge < -0.3 is 10.8 Å². The summed E-state index contributed by atoms with van der Waals surface area (Å²) >= 11 is 0. The summed E-state index contributed by atoms with van der Waals surface area (Å²) in [6.45, 7) is 0.619. The molecule has 3 nitrogen and oxygen atoms in total. The Bertz CT molecular complexity index is 472. The van der Waals surface area contributed by atoms with Crippen LogP contribution >= 0.6 is 0 Å². The van der Waals surface area contributed by atoms with E-state index in [1.165, 1.54) is 0 Å². The first-order chi connectivity index (χ1) is 7.62. The van der Waals surface area contributed by atoms with Gasteiger partial charge in [0.25, 0.3) is 0 Å². The van der Waals surface area contributed by atoms with E-state index in [0.29, 0.717) is 6.92 Å². The normalized spacial score (nSPS) is 14.5. The van der Waals surface area contributed by atoms with E-state index >= 15 is 0 Å². The number of halogens is 5. The van der Waals surface area contributed by atoms with Crippen LogP contribution in [0.25, 0.3) is 0 Å². The highest BCUT2D eigenvalue weighted by molar-refractivity contribution is 5.80. The van der Waals surface area contributed by atoms with Crippen LogP contribution in [-0.2, 0) is 10.3 Å². The summed E-state index contributed by atoms with van der Waals surface area (Å²) in [7, 11) is 0. The van der Waals surface area contributed by atoms with E-state index in [2.05, 4.69) is 0 Å². The van der Waals surface area contributed by atoms with Crippen molar-refractivity contribution >= 4 is 5.97 Å². The first kappa shape index (κ1) is 13.4. The molecule has 0 fully saturated rings. The van der Waals surface area contributed by atoms with Gasteiger partial charge in [0, 0.05) is 0 Å². The molecule has 1 rings (SSSR count). The number of nitrogens with two attached hydrogens (primary N) is 1. The van der Waals surface area contributed by atoms with Gasteiger partial charge in [0.2, 0.25) is 5.82 Å². The molecule has 17 heavy (non-hydrogen) atoms. The standard InChI is InChI=1S/C9H6F5NO2/c1-9(15,8(16)17)2-3(10)5(12)7(14)6(13)4(2)11/h15H2,1H3,(H,16,17). The van der Waals surface area contributed by atoms with Crippen LogP contribution in [0.3, 0.4) is 0 Å². The molecule has 0 radical (unpaired) electrons. The summed E-state index contributed by atoms with van der Waals surface area (Å²) in [5.41, 5.74) is 0.720. The first-order valence-corrected chi connectivity index (χ1v) is 4.16. The molecule has 1 aromatic rings. The van der Waals surface area contributed by atoms with Gasteiger partial charge in [-0.25, -0.2) is 26.7 Å². The molecule has 0 spiro atoms. The first-order valence-electron chi connectivity index (χ1n) is 4.16. The Morgan fingerprint density at radius 1 is 1.00 bits per heavy atom. The highest BCUT2D eigenvalue weighted by Gasteiger charge is 2.40. The maximum Gasteiger partial charge on any atom is 0.328 e. The van der Waals surface area contributed by atoms with Crippen molar-refractivity contribution in [2.24, 2.45) is 5.73 Å². The van der Waals surface area contributed by atoms with Crippen LogP contribution in [-0.4, -0.2) is 11.1 Å². The highest BCUT2D eigenvalue weighted by atomic mass is 19.2. The maximum absolute atomic E-state index is 13.2. The fourth-order valence-electron chi connectivity index (χ4n) is 1.17. The Morgan fingerprint density at radius 2 is 1.29 bits per heavy atom. The summed E-state index contributed by atoms with van der Waals surface area (Å²) in [5, 5.41) is 8.60. The number of hydrogen-bond acceptors (Lipinski definition) is 2. The molecule has 0 aliphatic rings. The molecular weight excluding hydrogens is 249 g/mol. The van der Waals surface area contributed by atoms with Crippen molar-refractivity contribution in [3.8, 4) is 0 Å². The second-order valence-corrected chi connectivity index (χ2v) is 3.45. The van der Waals surface area contributed by atoms with Gasteiger partial charge in [-0.2, -0.15) is 0 Å². The monoisotopic (exact) mass is 255 g/mol. The van der Waals surface area contributed by atoms with Crippen molar-refractivity contribution in [3.05, 3.63) is 34.6 Å². The molecule has 8 heteroatoms. The van der Waals surface area contributed by atoms with Crippen LogP contribution in [0.4, 0.5) is 22.0 Å². The Kier molecular flexibility index (Phi) is 3.11. The number of carbonyl (C=O) groups is 1. The predicted molar refractivity (Wildman–Crippen MR) is 45.4 cm³/mol. The Balaban J connectivity index is 3.72. The molecule has 94 valence electrons. The summed E-state index contributed by atoms with van der Waals surface area (Å²) in [6.07, 6.45) is 0. The molecule has 0 heterocycles. The molecular formula is C9H6F5NO2. The van der Waals surface area contributed by atoms with Crippen molar-refractivity contribution in [2.45, 2.75) is 12.5 Å². The van der Waals surface area contributed by atoms with E-state index in [4.69, 9.17) is 10.8 Å². The van der Waals surface area contributed by atoms with E-state index in [-0.39, 0.29) is 0 Å². The van der Waals surface area contributed by atoms with Gasteiger partial charge >= 0.3 is 5.97 Å². The minimum Gasteiger partial charge on any atom is -0.480 e. The zero-order valence-corrected chi connectivity index (χ0v) is 8.32. The largest absolute Gasteiger partial charge is 0.480 e. The molecule has 0 aliphatic carbocycles. The van der Waals surface area contributed by atoms with Crippen LogP contribution in [0, 0.1) is 29.1 Å². The Hall–Kier alpha value is -1.70. The minimum absolute atomic E-state index is 0.619. The van der Waals surface area contributed by atoms with Gasteiger partial charge in [-0.15, -0.1) is 0 Å². The highest BCUT2D eigenvalue weighted by Crippen LogP contribution is 2.30. The van der Waals surface area contributed by atoms with E-state index < -0.39 is 46.2 Å². The molecule has 1 atom stereocenters. The zero-order valence-electron chi connectivity index (χ0n) is 8.32. The second-order valence-electron chi connectivity index (χ2n) is 3.45. The van der Waals surface area contributed by atoms with Crippen molar-refractivity contribution in [2.75, 3.05) is 0 Å². The molecule has 0 saturated heterocycles. The van der Waals surface area contributed by atoms with Gasteiger partial charge in [-0.05, 0) is 6.92 Å². The Labute approximate surface area is 91.6 Å². The SMILES string of the molecule is CC(N)(C(=O)O)c1c(F)c(F)c(F)c(F)c1F. The zero-order chi connectivity index (χ0) is 13.5. The molecule has 1 aromatic carbocycles. The average molecular weight is 255 g/mol. The average Bonchev–Trinajstić information content (AvgIpc) is 2.23. The van der Waals surface area contributed by atoms with Crippen LogP contribution in [0.5, 0.6) is 0 Å². The molecule has 0 saturated carbocycles. The smallest absolute Gasteiger partial charge is 0.328 e. The third kappa shape index (κ3) is 1.84. The number of aliphatic carboxylic acids is 1. The van der Waals surface area contributed by atoms with Gasteiger partial charge in [0.05, 0.1) is 5.56 Å². The van der Waals surface area contributed by atoms with Crippen molar-refractivity contribution < 1.29 is 31.9 Å². The van der Waals surface area contributed by atoms with E-state index in [1.54, 1.807) is 0 Å². The lowest BCUT2D eigenvalue weighted by atomic mass is 9.92. The van der Waals surface area contributed by atoms with Crippen LogP contribution in [0.1, 0.15) is 12.5 Å². The van der Waals surface area contributed by atoms with Crippen LogP contribution in [0.15, 0.2) is 0 Å². The van der Waals surface area contributed by atoms with Crippen LogP contribution < -0.4 is 5.73 Å². The number of rotatable bonds is 2. The molecule has 0 aromatic heterocycles. The topological polar surface area (TPSA) is 63.3 Å².